The van der Waals surface area contributed by atoms with E-state index in [-0.39, 0.29) is 10.5 Å². The first-order valence-electron chi connectivity index (χ1n) is 4.22. The highest BCUT2D eigenvalue weighted by Crippen LogP contribution is 2.06. The Morgan fingerprint density at radius 1 is 0.750 bits per heavy atom. The Morgan fingerprint density at radius 2 is 1.00 bits per heavy atom. The predicted molar refractivity (Wildman–Crippen MR) is 64.8 cm³/mol. The van der Waals surface area contributed by atoms with E-state index < -0.39 is 16.5 Å². The van der Waals surface area contributed by atoms with E-state index in [1.165, 1.54) is 0 Å². The molecule has 0 aliphatic rings. The summed E-state index contributed by atoms with van der Waals surface area (Å²) >= 11 is 0. The molecular formula is C7H21N2SSi2-. The van der Waals surface area contributed by atoms with Crippen LogP contribution in [0.25, 0.3) is 0 Å². The smallest absolute Gasteiger partial charge is 0.139 e. The zero-order valence-electron chi connectivity index (χ0n) is 9.30. The molecule has 0 radical (unpaired) electrons. The van der Waals surface area contributed by atoms with Gasteiger partial charge in [0.05, 0.1) is 0 Å². The van der Waals surface area contributed by atoms with E-state index >= 15 is 0 Å². The molecule has 0 fully saturated rings. The Bertz CT molecular complexity index is 207. The Kier molecular flexibility index (Phi) is 4.19. The van der Waals surface area contributed by atoms with Crippen LogP contribution in [0.4, 0.5) is 0 Å². The quantitative estimate of drug-likeness (QED) is 0.505. The molecule has 0 aromatic rings. The van der Waals surface area contributed by atoms with Gasteiger partial charge < -0.3 is 18.5 Å². The van der Waals surface area contributed by atoms with E-state index in [1.54, 1.807) is 0 Å². The summed E-state index contributed by atoms with van der Waals surface area (Å²) in [6.07, 6.45) is 2.14. The summed E-state index contributed by atoms with van der Waals surface area (Å²) in [5, 5.41) is 0. The second-order valence-electron chi connectivity index (χ2n) is 4.97. The van der Waals surface area contributed by atoms with Crippen molar-refractivity contribution in [2.45, 2.75) is 39.3 Å². The molecule has 5 heteroatoms. The van der Waals surface area contributed by atoms with Gasteiger partial charge in [-0.2, -0.15) is 0 Å². The molecule has 0 amide bonds. The molecular weight excluding hydrogens is 200 g/mol. The Hall–Kier alpha value is 0.384. The molecule has 0 rings (SSSR count). The Morgan fingerprint density at radius 3 is 1.17 bits per heavy atom. The highest BCUT2D eigenvalue weighted by atomic mass is 32.2. The Labute approximate surface area is 80.8 Å². The molecule has 0 unspecified atom stereocenters. The SMILES string of the molecule is C/[S-](=N/[Si](C)(C)C)=N\[Si](C)(C)C. The van der Waals surface area contributed by atoms with Crippen LogP contribution < -0.4 is 0 Å². The van der Waals surface area contributed by atoms with Gasteiger partial charge in [-0.1, -0.05) is 39.3 Å². The van der Waals surface area contributed by atoms with Crippen molar-refractivity contribution in [2.75, 3.05) is 6.26 Å². The van der Waals surface area contributed by atoms with Crippen molar-refractivity contribution < 1.29 is 0 Å². The summed E-state index contributed by atoms with van der Waals surface area (Å²) in [5.41, 5.74) is 0. The number of hydrogen-bond donors (Lipinski definition) is 0. The van der Waals surface area contributed by atoms with Crippen LogP contribution in [0.2, 0.25) is 39.3 Å². The van der Waals surface area contributed by atoms with Gasteiger partial charge in [0.2, 0.25) is 0 Å². The summed E-state index contributed by atoms with van der Waals surface area (Å²) in [6.45, 7) is 13.6. The van der Waals surface area contributed by atoms with Gasteiger partial charge >= 0.3 is 0 Å². The lowest BCUT2D eigenvalue weighted by molar-refractivity contribution is 1.57. The van der Waals surface area contributed by atoms with Gasteiger partial charge in [-0.15, -0.1) is 6.26 Å². The van der Waals surface area contributed by atoms with Crippen molar-refractivity contribution in [2.24, 2.45) is 8.06 Å². The standard InChI is InChI=1S/C7H21N2SSi2/c1-10(8-11(2,3)4)9-12(5,6)7/h1-7H3/q-1. The summed E-state index contributed by atoms with van der Waals surface area (Å²) in [7, 11) is -2.54. The lowest BCUT2D eigenvalue weighted by atomic mass is 11.8. The lowest BCUT2D eigenvalue weighted by Gasteiger charge is -2.21. The maximum absolute atomic E-state index is 4.73. The predicted octanol–water partition coefficient (Wildman–Crippen LogP) is 3.27. The van der Waals surface area contributed by atoms with Crippen molar-refractivity contribution in [1.82, 2.24) is 0 Å². The van der Waals surface area contributed by atoms with E-state index in [0.29, 0.717) is 0 Å². The minimum absolute atomic E-state index is 0.0355. The van der Waals surface area contributed by atoms with Crippen molar-refractivity contribution in [3.8, 4) is 0 Å². The van der Waals surface area contributed by atoms with E-state index in [2.05, 4.69) is 45.5 Å². The fourth-order valence-electron chi connectivity index (χ4n) is 0.813. The summed E-state index contributed by atoms with van der Waals surface area (Å²) in [5.74, 6) is 0. The Balaban J connectivity index is 4.71. The first-order chi connectivity index (χ1) is 5.10. The second kappa shape index (κ2) is 4.06. The van der Waals surface area contributed by atoms with Crippen LogP contribution in [0.5, 0.6) is 0 Å². The van der Waals surface area contributed by atoms with Crippen LogP contribution in [0.3, 0.4) is 0 Å². The van der Waals surface area contributed by atoms with Gasteiger partial charge in [0.25, 0.3) is 0 Å². The maximum Gasteiger partial charge on any atom is 0.139 e. The monoisotopic (exact) mass is 221 g/mol. The molecule has 0 atom stereocenters. The third-order valence-electron chi connectivity index (χ3n) is 0.812. The van der Waals surface area contributed by atoms with Crippen LogP contribution in [0.15, 0.2) is 8.06 Å². The minimum Gasteiger partial charge on any atom is -0.454 e. The molecule has 12 heavy (non-hydrogen) atoms. The van der Waals surface area contributed by atoms with Gasteiger partial charge in [0.1, 0.15) is 16.5 Å². The van der Waals surface area contributed by atoms with Gasteiger partial charge in [0.15, 0.2) is 0 Å². The largest absolute Gasteiger partial charge is 0.454 e. The molecule has 0 aliphatic heterocycles. The summed E-state index contributed by atoms with van der Waals surface area (Å²) in [6, 6.07) is 0. The molecule has 0 spiro atoms. The molecule has 0 aromatic heterocycles. The molecule has 0 N–H and O–H groups in total. The number of hydrogen-bond acceptors (Lipinski definition) is 3. The number of nitrogens with zero attached hydrogens (tertiary/aromatic N) is 2. The normalized spacial score (nSPS) is 16.9. The average Bonchev–Trinajstić information content (AvgIpc) is 1.49. The van der Waals surface area contributed by atoms with Crippen molar-refractivity contribution in [3.63, 3.8) is 0 Å². The van der Waals surface area contributed by atoms with Crippen LogP contribution >= 0.6 is 0 Å². The third kappa shape index (κ3) is 8.48. The first-order valence-corrected chi connectivity index (χ1v) is 12.7. The van der Waals surface area contributed by atoms with Gasteiger partial charge in [0, 0.05) is 0 Å². The van der Waals surface area contributed by atoms with E-state index in [9.17, 15) is 0 Å². The topological polar surface area (TPSA) is 24.7 Å². The summed E-state index contributed by atoms with van der Waals surface area (Å²) in [4.78, 5) is 0. The summed E-state index contributed by atoms with van der Waals surface area (Å²) < 4.78 is 9.46. The highest BCUT2D eigenvalue weighted by Gasteiger charge is 2.07. The fourth-order valence-corrected chi connectivity index (χ4v) is 7.69. The maximum atomic E-state index is 4.73. The molecule has 0 aliphatic carbocycles. The zero-order chi connectivity index (χ0) is 9.99. The van der Waals surface area contributed by atoms with E-state index in [4.69, 9.17) is 8.06 Å². The highest BCUT2D eigenvalue weighted by molar-refractivity contribution is 7.78. The van der Waals surface area contributed by atoms with Crippen molar-refractivity contribution >= 4 is 27.0 Å². The molecule has 0 saturated carbocycles. The van der Waals surface area contributed by atoms with E-state index in [0.717, 1.165) is 0 Å². The van der Waals surface area contributed by atoms with Crippen LogP contribution in [0, 0.1) is 0 Å². The van der Waals surface area contributed by atoms with Crippen LogP contribution in [-0.2, 0) is 10.5 Å². The fraction of sp³-hybridized carbons (Fsp3) is 1.00. The third-order valence-corrected chi connectivity index (χ3v) is 7.31. The second-order valence-corrected chi connectivity index (χ2v) is 16.0. The molecule has 0 heterocycles. The van der Waals surface area contributed by atoms with Crippen molar-refractivity contribution in [1.29, 1.82) is 0 Å². The molecule has 74 valence electrons. The van der Waals surface area contributed by atoms with Gasteiger partial charge in [-0.3, -0.25) is 0 Å². The average molecular weight is 221 g/mol. The molecule has 0 bridgehead atoms. The van der Waals surface area contributed by atoms with Crippen molar-refractivity contribution in [3.05, 3.63) is 0 Å². The van der Waals surface area contributed by atoms with E-state index in [1.807, 2.05) is 0 Å². The molecule has 0 aromatic carbocycles. The van der Waals surface area contributed by atoms with Gasteiger partial charge in [-0.05, 0) is 0 Å². The lowest BCUT2D eigenvalue weighted by Crippen LogP contribution is -2.19. The molecule has 0 saturated heterocycles. The van der Waals surface area contributed by atoms with Crippen LogP contribution in [-0.4, -0.2) is 22.7 Å². The molecule has 2 nitrogen and oxygen atoms in total. The first kappa shape index (κ1) is 12.4. The zero-order valence-corrected chi connectivity index (χ0v) is 12.1. The van der Waals surface area contributed by atoms with Gasteiger partial charge in [-0.25, -0.2) is 0 Å². The number of rotatable bonds is 2. The minimum atomic E-state index is -1.25. The van der Waals surface area contributed by atoms with Crippen LogP contribution in [0.1, 0.15) is 0 Å².